The molecule has 0 aliphatic rings. The summed E-state index contributed by atoms with van der Waals surface area (Å²) in [5, 5.41) is 4.74. The number of benzene rings is 2. The van der Waals surface area contributed by atoms with E-state index in [2.05, 4.69) is 15.1 Å². The van der Waals surface area contributed by atoms with Crippen LogP contribution in [-0.4, -0.2) is 19.6 Å². The number of hydrogen-bond donors (Lipinski definition) is 0. The van der Waals surface area contributed by atoms with E-state index in [0.29, 0.717) is 22.1 Å². The SMILES string of the molecule is Fc1ccc2ncn3nc(-c4ccccc4F)nc3c2c1. The summed E-state index contributed by atoms with van der Waals surface area (Å²) in [4.78, 5) is 8.50. The van der Waals surface area contributed by atoms with Crippen LogP contribution in [0.5, 0.6) is 0 Å². The first-order valence-corrected chi connectivity index (χ1v) is 6.28. The Balaban J connectivity index is 2.04. The standard InChI is InChI=1S/C15H8F2N4/c16-9-5-6-13-11(7-9)15-19-14(20-21(15)8-18-13)10-3-1-2-4-12(10)17/h1-8H. The van der Waals surface area contributed by atoms with Gasteiger partial charge in [-0.3, -0.25) is 0 Å². The van der Waals surface area contributed by atoms with Gasteiger partial charge in [0.15, 0.2) is 11.5 Å². The van der Waals surface area contributed by atoms with Gasteiger partial charge in [-0.1, -0.05) is 12.1 Å². The maximum Gasteiger partial charge on any atom is 0.185 e. The summed E-state index contributed by atoms with van der Waals surface area (Å²) >= 11 is 0. The van der Waals surface area contributed by atoms with Gasteiger partial charge in [0.25, 0.3) is 0 Å². The molecule has 0 aliphatic carbocycles. The first-order valence-electron chi connectivity index (χ1n) is 6.28. The average Bonchev–Trinajstić information content (AvgIpc) is 2.92. The predicted molar refractivity (Wildman–Crippen MR) is 73.6 cm³/mol. The quantitative estimate of drug-likeness (QED) is 0.538. The minimum absolute atomic E-state index is 0.242. The Hall–Kier alpha value is -2.89. The zero-order valence-electron chi connectivity index (χ0n) is 10.7. The summed E-state index contributed by atoms with van der Waals surface area (Å²) in [7, 11) is 0. The van der Waals surface area contributed by atoms with E-state index in [1.807, 2.05) is 0 Å². The normalized spacial score (nSPS) is 11.3. The Morgan fingerprint density at radius 3 is 2.71 bits per heavy atom. The number of halogens is 2. The third-order valence-corrected chi connectivity index (χ3v) is 3.25. The molecular formula is C15H8F2N4. The zero-order valence-corrected chi connectivity index (χ0v) is 10.7. The van der Waals surface area contributed by atoms with E-state index in [-0.39, 0.29) is 11.6 Å². The van der Waals surface area contributed by atoms with Gasteiger partial charge in [-0.2, -0.15) is 0 Å². The molecule has 0 fully saturated rings. The molecule has 0 atom stereocenters. The van der Waals surface area contributed by atoms with Crippen molar-refractivity contribution in [2.45, 2.75) is 0 Å². The van der Waals surface area contributed by atoms with Crippen LogP contribution in [-0.2, 0) is 0 Å². The average molecular weight is 282 g/mol. The van der Waals surface area contributed by atoms with Crippen molar-refractivity contribution in [1.29, 1.82) is 0 Å². The molecule has 0 spiro atoms. The first kappa shape index (κ1) is 11.9. The lowest BCUT2D eigenvalue weighted by atomic mass is 10.2. The Morgan fingerprint density at radius 2 is 1.86 bits per heavy atom. The van der Waals surface area contributed by atoms with Gasteiger partial charge in [0.05, 0.1) is 11.1 Å². The van der Waals surface area contributed by atoms with Crippen LogP contribution in [0.4, 0.5) is 8.78 Å². The van der Waals surface area contributed by atoms with Crippen LogP contribution in [0.1, 0.15) is 0 Å². The minimum Gasteiger partial charge on any atom is -0.236 e. The molecule has 4 nitrogen and oxygen atoms in total. The largest absolute Gasteiger partial charge is 0.236 e. The highest BCUT2D eigenvalue weighted by Crippen LogP contribution is 2.23. The van der Waals surface area contributed by atoms with Crippen molar-refractivity contribution >= 4 is 16.6 Å². The van der Waals surface area contributed by atoms with Crippen molar-refractivity contribution in [2.75, 3.05) is 0 Å². The highest BCUT2D eigenvalue weighted by atomic mass is 19.1. The Bertz CT molecular complexity index is 978. The smallest absolute Gasteiger partial charge is 0.185 e. The molecule has 2 aromatic carbocycles. The molecule has 0 aliphatic heterocycles. The highest BCUT2D eigenvalue weighted by molar-refractivity contribution is 5.91. The fourth-order valence-electron chi connectivity index (χ4n) is 2.26. The van der Waals surface area contributed by atoms with E-state index in [1.54, 1.807) is 24.3 Å². The molecule has 0 saturated heterocycles. The van der Waals surface area contributed by atoms with E-state index < -0.39 is 5.82 Å². The predicted octanol–water partition coefficient (Wildman–Crippen LogP) is 3.22. The van der Waals surface area contributed by atoms with Crippen molar-refractivity contribution < 1.29 is 8.78 Å². The molecule has 21 heavy (non-hydrogen) atoms. The number of aromatic nitrogens is 4. The van der Waals surface area contributed by atoms with Gasteiger partial charge in [0, 0.05) is 5.39 Å². The lowest BCUT2D eigenvalue weighted by molar-refractivity contribution is 0.629. The van der Waals surface area contributed by atoms with Gasteiger partial charge < -0.3 is 0 Å². The van der Waals surface area contributed by atoms with Crippen LogP contribution in [0, 0.1) is 11.6 Å². The van der Waals surface area contributed by atoms with Gasteiger partial charge in [0.2, 0.25) is 0 Å². The lowest BCUT2D eigenvalue weighted by Gasteiger charge is -1.97. The van der Waals surface area contributed by atoms with Crippen LogP contribution in [0.25, 0.3) is 27.9 Å². The van der Waals surface area contributed by atoms with E-state index in [9.17, 15) is 8.78 Å². The zero-order chi connectivity index (χ0) is 14.4. The number of hydrogen-bond acceptors (Lipinski definition) is 3. The van der Waals surface area contributed by atoms with Crippen LogP contribution >= 0.6 is 0 Å². The summed E-state index contributed by atoms with van der Waals surface area (Å²) in [6.45, 7) is 0. The third kappa shape index (κ3) is 1.84. The van der Waals surface area contributed by atoms with E-state index in [1.165, 1.54) is 29.0 Å². The van der Waals surface area contributed by atoms with Crippen molar-refractivity contribution in [2.24, 2.45) is 0 Å². The van der Waals surface area contributed by atoms with Crippen LogP contribution < -0.4 is 0 Å². The number of fused-ring (bicyclic) bond motifs is 3. The van der Waals surface area contributed by atoms with Crippen LogP contribution in [0.2, 0.25) is 0 Å². The van der Waals surface area contributed by atoms with Crippen LogP contribution in [0.15, 0.2) is 48.8 Å². The summed E-state index contributed by atoms with van der Waals surface area (Å²) in [6.07, 6.45) is 1.48. The molecule has 0 N–H and O–H groups in total. The molecule has 0 bridgehead atoms. The molecule has 2 aromatic heterocycles. The Morgan fingerprint density at radius 1 is 1.00 bits per heavy atom. The molecule has 0 unspecified atom stereocenters. The topological polar surface area (TPSA) is 43.1 Å². The summed E-state index contributed by atoms with van der Waals surface area (Å²) in [5.74, 6) is -0.545. The molecule has 102 valence electrons. The molecule has 0 saturated carbocycles. The highest BCUT2D eigenvalue weighted by Gasteiger charge is 2.13. The van der Waals surface area contributed by atoms with Crippen molar-refractivity contribution in [3.8, 4) is 11.4 Å². The van der Waals surface area contributed by atoms with E-state index in [4.69, 9.17) is 0 Å². The van der Waals surface area contributed by atoms with Gasteiger partial charge in [-0.05, 0) is 30.3 Å². The molecule has 6 heteroatoms. The molecule has 2 heterocycles. The second kappa shape index (κ2) is 4.31. The summed E-state index contributed by atoms with van der Waals surface area (Å²) in [6, 6.07) is 10.5. The first-order chi connectivity index (χ1) is 10.2. The molecular weight excluding hydrogens is 274 g/mol. The molecule has 4 rings (SSSR count). The molecule has 0 amide bonds. The lowest BCUT2D eigenvalue weighted by Crippen LogP contribution is -1.92. The maximum atomic E-state index is 13.8. The van der Waals surface area contributed by atoms with Crippen LogP contribution in [0.3, 0.4) is 0 Å². The second-order valence-electron chi connectivity index (χ2n) is 4.59. The van der Waals surface area contributed by atoms with E-state index in [0.717, 1.165) is 0 Å². The van der Waals surface area contributed by atoms with Gasteiger partial charge >= 0.3 is 0 Å². The minimum atomic E-state index is -0.406. The Kier molecular flexibility index (Phi) is 2.44. The number of nitrogens with zero attached hydrogens (tertiary/aromatic N) is 4. The van der Waals surface area contributed by atoms with Gasteiger partial charge in [0.1, 0.15) is 18.0 Å². The fourth-order valence-corrected chi connectivity index (χ4v) is 2.26. The van der Waals surface area contributed by atoms with Crippen molar-refractivity contribution in [3.63, 3.8) is 0 Å². The molecule has 4 aromatic rings. The van der Waals surface area contributed by atoms with Crippen molar-refractivity contribution in [3.05, 3.63) is 60.4 Å². The monoisotopic (exact) mass is 282 g/mol. The van der Waals surface area contributed by atoms with Gasteiger partial charge in [-0.15, -0.1) is 5.10 Å². The maximum absolute atomic E-state index is 13.8. The second-order valence-corrected chi connectivity index (χ2v) is 4.59. The summed E-state index contributed by atoms with van der Waals surface area (Å²) in [5.41, 5.74) is 1.35. The number of rotatable bonds is 1. The molecule has 0 radical (unpaired) electrons. The van der Waals surface area contributed by atoms with Crippen molar-refractivity contribution in [1.82, 2.24) is 19.6 Å². The Labute approximate surface area is 117 Å². The van der Waals surface area contributed by atoms with Gasteiger partial charge in [-0.25, -0.2) is 23.3 Å². The third-order valence-electron chi connectivity index (χ3n) is 3.25. The fraction of sp³-hybridized carbons (Fsp3) is 0. The van der Waals surface area contributed by atoms with E-state index >= 15 is 0 Å². The summed E-state index contributed by atoms with van der Waals surface area (Å²) < 4.78 is 28.7.